The van der Waals surface area contributed by atoms with Crippen LogP contribution in [0.15, 0.2) is 48.5 Å². The Morgan fingerprint density at radius 1 is 0.545 bits per heavy atom. The van der Waals surface area contributed by atoms with Crippen LogP contribution in [0.2, 0.25) is 0 Å². The normalized spacial score (nSPS) is 11.7. The van der Waals surface area contributed by atoms with Gasteiger partial charge < -0.3 is 9.46 Å². The zero-order chi connectivity index (χ0) is 23.8. The van der Waals surface area contributed by atoms with E-state index in [1.54, 1.807) is 0 Å². The highest BCUT2D eigenvalue weighted by Gasteiger charge is 2.20. The molecule has 184 valence electrons. The summed E-state index contributed by atoms with van der Waals surface area (Å²) in [6, 6.07) is 15.3. The van der Waals surface area contributed by atoms with Crippen molar-refractivity contribution in [3.63, 3.8) is 0 Å². The third-order valence-corrected chi connectivity index (χ3v) is 8.86. The van der Waals surface area contributed by atoms with Gasteiger partial charge in [-0.3, -0.25) is 0 Å². The van der Waals surface area contributed by atoms with Gasteiger partial charge >= 0.3 is 0 Å². The van der Waals surface area contributed by atoms with E-state index in [1.807, 2.05) is 48.5 Å². The molecule has 0 N–H and O–H groups in total. The van der Waals surface area contributed by atoms with E-state index in [4.69, 9.17) is 0 Å². The molecule has 33 heavy (non-hydrogen) atoms. The standard InChI is InChI=1S/C30H47O2P/c1-3-5-7-9-11-13-15-21-27-23-17-19-25-29(27)33(31,32)30-26-20-18-24-28(30)22-16-14-12-10-8-6-4-2/h17-20,23-26H,3-16,21-22H2,1-2H3,(H,31,32)/p-1. The SMILES string of the molecule is CCCCCCCCCc1ccccc1P(=O)([O-])c1ccccc1CCCCCCCCC. The van der Waals surface area contributed by atoms with Crippen molar-refractivity contribution in [3.8, 4) is 0 Å². The van der Waals surface area contributed by atoms with Gasteiger partial charge in [0, 0.05) is 10.6 Å². The van der Waals surface area contributed by atoms with Crippen molar-refractivity contribution in [3.05, 3.63) is 59.7 Å². The zero-order valence-electron chi connectivity index (χ0n) is 21.2. The second-order valence-electron chi connectivity index (χ2n) is 9.55. The van der Waals surface area contributed by atoms with Gasteiger partial charge in [0.2, 0.25) is 0 Å². The fourth-order valence-electron chi connectivity index (χ4n) is 4.69. The molecule has 3 heteroatoms. The maximum Gasteiger partial charge on any atom is 0.0725 e. The van der Waals surface area contributed by atoms with E-state index < -0.39 is 7.37 Å². The van der Waals surface area contributed by atoms with E-state index in [0.717, 1.165) is 36.8 Å². The summed E-state index contributed by atoms with van der Waals surface area (Å²) < 4.78 is 13.7. The molecule has 0 heterocycles. The predicted octanol–water partition coefficient (Wildman–Crippen LogP) is 7.86. The van der Waals surface area contributed by atoms with E-state index >= 15 is 0 Å². The van der Waals surface area contributed by atoms with Crippen LogP contribution in [0.25, 0.3) is 0 Å². The molecule has 0 fully saturated rings. The Labute approximate surface area is 203 Å². The zero-order valence-corrected chi connectivity index (χ0v) is 22.1. The van der Waals surface area contributed by atoms with Gasteiger partial charge in [-0.1, -0.05) is 139 Å². The smallest absolute Gasteiger partial charge is 0.0725 e. The molecular weight excluding hydrogens is 423 g/mol. The molecule has 0 aliphatic rings. The molecule has 0 aliphatic heterocycles. The van der Waals surface area contributed by atoms with Crippen molar-refractivity contribution >= 4 is 18.0 Å². The third kappa shape index (κ3) is 9.79. The molecule has 0 saturated carbocycles. The molecule has 0 spiro atoms. The van der Waals surface area contributed by atoms with Crippen LogP contribution >= 0.6 is 7.37 Å². The summed E-state index contributed by atoms with van der Waals surface area (Å²) in [6.45, 7) is 4.48. The minimum absolute atomic E-state index is 0.531. The number of benzene rings is 2. The van der Waals surface area contributed by atoms with Crippen LogP contribution in [-0.2, 0) is 17.4 Å². The first-order chi connectivity index (χ1) is 16.1. The van der Waals surface area contributed by atoms with Gasteiger partial charge in [-0.2, -0.15) is 0 Å². The lowest BCUT2D eigenvalue weighted by molar-refractivity contribution is -0.167. The summed E-state index contributed by atoms with van der Waals surface area (Å²) in [5.41, 5.74) is 1.96. The molecule has 0 saturated heterocycles. The molecule has 0 radical (unpaired) electrons. The quantitative estimate of drug-likeness (QED) is 0.165. The molecular formula is C30H46O2P-. The van der Waals surface area contributed by atoms with Crippen molar-refractivity contribution in [2.75, 3.05) is 0 Å². The van der Waals surface area contributed by atoms with E-state index in [-0.39, 0.29) is 0 Å². The van der Waals surface area contributed by atoms with Gasteiger partial charge in [-0.25, -0.2) is 0 Å². The first kappa shape index (κ1) is 27.9. The van der Waals surface area contributed by atoms with Crippen LogP contribution in [0.1, 0.15) is 115 Å². The molecule has 0 atom stereocenters. The van der Waals surface area contributed by atoms with Crippen LogP contribution in [-0.4, -0.2) is 0 Å². The second-order valence-corrected chi connectivity index (χ2v) is 11.6. The highest BCUT2D eigenvalue weighted by atomic mass is 31.2. The molecule has 2 aromatic carbocycles. The number of rotatable bonds is 18. The predicted molar refractivity (Wildman–Crippen MR) is 143 cm³/mol. The highest BCUT2D eigenvalue weighted by Crippen LogP contribution is 2.36. The summed E-state index contributed by atoms with van der Waals surface area (Å²) in [7, 11) is -3.86. The van der Waals surface area contributed by atoms with Crippen LogP contribution in [0.5, 0.6) is 0 Å². The Bertz CT molecular complexity index is 764. The Kier molecular flexibility index (Phi) is 13.8. The Hall–Kier alpha value is -1.37. The number of aryl methyl sites for hydroxylation is 2. The van der Waals surface area contributed by atoms with E-state index in [1.165, 1.54) is 77.0 Å². The van der Waals surface area contributed by atoms with Crippen LogP contribution < -0.4 is 15.5 Å². The molecule has 0 unspecified atom stereocenters. The summed E-state index contributed by atoms with van der Waals surface area (Å²) in [5.74, 6) is 0. The van der Waals surface area contributed by atoms with E-state index in [2.05, 4.69) is 13.8 Å². The summed E-state index contributed by atoms with van der Waals surface area (Å²) in [6.07, 6.45) is 19.1. The second kappa shape index (κ2) is 16.3. The van der Waals surface area contributed by atoms with Gasteiger partial charge in [0.05, 0.1) is 7.37 Å². The van der Waals surface area contributed by atoms with Gasteiger partial charge in [0.25, 0.3) is 0 Å². The number of unbranched alkanes of at least 4 members (excludes halogenated alkanes) is 12. The van der Waals surface area contributed by atoms with Gasteiger partial charge in [-0.15, -0.1) is 0 Å². The first-order valence-electron chi connectivity index (χ1n) is 13.6. The molecule has 0 aliphatic carbocycles. The average Bonchev–Trinajstić information content (AvgIpc) is 2.83. The number of hydrogen-bond donors (Lipinski definition) is 0. The van der Waals surface area contributed by atoms with Crippen molar-refractivity contribution in [1.29, 1.82) is 0 Å². The maximum atomic E-state index is 13.7. The van der Waals surface area contributed by atoms with Gasteiger partial charge in [0.1, 0.15) is 0 Å². The molecule has 0 bridgehead atoms. The molecule has 2 nitrogen and oxygen atoms in total. The Balaban J connectivity index is 1.99. The number of hydrogen-bond acceptors (Lipinski definition) is 2. The Morgan fingerprint density at radius 3 is 1.27 bits per heavy atom. The van der Waals surface area contributed by atoms with Crippen molar-refractivity contribution in [2.24, 2.45) is 0 Å². The maximum absolute atomic E-state index is 13.7. The third-order valence-electron chi connectivity index (χ3n) is 6.72. The topological polar surface area (TPSA) is 40.1 Å². The lowest BCUT2D eigenvalue weighted by atomic mass is 10.0. The monoisotopic (exact) mass is 469 g/mol. The molecule has 0 aromatic heterocycles. The Morgan fingerprint density at radius 2 is 0.879 bits per heavy atom. The average molecular weight is 470 g/mol. The summed E-state index contributed by atoms with van der Waals surface area (Å²) >= 11 is 0. The lowest BCUT2D eigenvalue weighted by Crippen LogP contribution is -2.29. The molecule has 2 aromatic rings. The van der Waals surface area contributed by atoms with E-state index in [9.17, 15) is 9.46 Å². The fraction of sp³-hybridized carbons (Fsp3) is 0.600. The van der Waals surface area contributed by atoms with Crippen molar-refractivity contribution in [2.45, 2.75) is 117 Å². The lowest BCUT2D eigenvalue weighted by Gasteiger charge is -2.29. The van der Waals surface area contributed by atoms with Crippen LogP contribution in [0, 0.1) is 0 Å². The van der Waals surface area contributed by atoms with E-state index in [0.29, 0.717) is 10.6 Å². The minimum Gasteiger partial charge on any atom is -0.793 e. The van der Waals surface area contributed by atoms with Crippen molar-refractivity contribution < 1.29 is 9.46 Å². The molecule has 0 amide bonds. The van der Waals surface area contributed by atoms with Crippen LogP contribution in [0.4, 0.5) is 0 Å². The largest absolute Gasteiger partial charge is 0.793 e. The van der Waals surface area contributed by atoms with Gasteiger partial charge in [-0.05, 0) is 36.8 Å². The van der Waals surface area contributed by atoms with Gasteiger partial charge in [0.15, 0.2) is 0 Å². The van der Waals surface area contributed by atoms with Crippen LogP contribution in [0.3, 0.4) is 0 Å². The highest BCUT2D eigenvalue weighted by molar-refractivity contribution is 7.72. The first-order valence-corrected chi connectivity index (χ1v) is 15.2. The van der Waals surface area contributed by atoms with Crippen molar-refractivity contribution in [1.82, 2.24) is 0 Å². The summed E-state index contributed by atoms with van der Waals surface area (Å²) in [4.78, 5) is 13.7. The summed E-state index contributed by atoms with van der Waals surface area (Å²) in [5, 5.41) is 1.06. The molecule has 2 rings (SSSR count). The minimum atomic E-state index is -3.86. The fourth-order valence-corrected chi connectivity index (χ4v) is 6.65.